The molecule has 0 fully saturated rings. The number of nitrogens with two attached hydrogens (primary N) is 1. The fourth-order valence-corrected chi connectivity index (χ4v) is 3.77. The van der Waals surface area contributed by atoms with Crippen molar-refractivity contribution in [2.75, 3.05) is 18.0 Å². The van der Waals surface area contributed by atoms with Gasteiger partial charge in [-0.25, -0.2) is 4.98 Å². The van der Waals surface area contributed by atoms with Crippen molar-refractivity contribution in [1.82, 2.24) is 4.98 Å². The van der Waals surface area contributed by atoms with Gasteiger partial charge in [-0.05, 0) is 38.4 Å². The average molecular weight is 287 g/mol. The third-order valence-corrected chi connectivity index (χ3v) is 4.94. The molecule has 106 valence electrons. The summed E-state index contributed by atoms with van der Waals surface area (Å²) in [5.41, 5.74) is 9.74. The van der Waals surface area contributed by atoms with Gasteiger partial charge in [-0.1, -0.05) is 18.2 Å². The molecule has 0 radical (unpaired) electrons. The summed E-state index contributed by atoms with van der Waals surface area (Å²) in [6, 6.07) is 9.04. The summed E-state index contributed by atoms with van der Waals surface area (Å²) >= 11 is 1.73. The molecule has 0 saturated heterocycles. The standard InChI is InChI=1S/C16H21N3S/c1-11(15-10-20-12(2)18-15)19-9-13(7-8-17)14-5-3-4-6-16(14)19/h3-6,10-11,13H,7-9,17H2,1-2H3. The highest BCUT2D eigenvalue weighted by molar-refractivity contribution is 7.09. The van der Waals surface area contributed by atoms with E-state index < -0.39 is 0 Å². The first-order valence-corrected chi connectivity index (χ1v) is 8.06. The largest absolute Gasteiger partial charge is 0.362 e. The van der Waals surface area contributed by atoms with Gasteiger partial charge >= 0.3 is 0 Å². The number of hydrogen-bond donors (Lipinski definition) is 1. The third kappa shape index (κ3) is 2.34. The molecular weight excluding hydrogens is 266 g/mol. The number of aryl methyl sites for hydroxylation is 1. The topological polar surface area (TPSA) is 42.2 Å². The molecule has 2 aromatic rings. The van der Waals surface area contributed by atoms with E-state index >= 15 is 0 Å². The zero-order valence-electron chi connectivity index (χ0n) is 12.0. The lowest BCUT2D eigenvalue weighted by atomic mass is 9.98. The predicted molar refractivity (Wildman–Crippen MR) is 85.5 cm³/mol. The second-order valence-corrected chi connectivity index (χ2v) is 6.52. The van der Waals surface area contributed by atoms with Crippen LogP contribution in [0.25, 0.3) is 0 Å². The summed E-state index contributed by atoms with van der Waals surface area (Å²) in [7, 11) is 0. The van der Waals surface area contributed by atoms with Crippen LogP contribution in [0.3, 0.4) is 0 Å². The maximum atomic E-state index is 5.77. The van der Waals surface area contributed by atoms with Gasteiger partial charge in [-0.15, -0.1) is 11.3 Å². The summed E-state index contributed by atoms with van der Waals surface area (Å²) < 4.78 is 0. The van der Waals surface area contributed by atoms with Crippen LogP contribution in [0.15, 0.2) is 29.6 Å². The molecular formula is C16H21N3S. The van der Waals surface area contributed by atoms with Gasteiger partial charge in [0, 0.05) is 23.5 Å². The number of aromatic nitrogens is 1. The first-order valence-electron chi connectivity index (χ1n) is 7.18. The highest BCUT2D eigenvalue weighted by atomic mass is 32.1. The Hall–Kier alpha value is -1.39. The Morgan fingerprint density at radius 1 is 1.45 bits per heavy atom. The van der Waals surface area contributed by atoms with Gasteiger partial charge < -0.3 is 10.6 Å². The van der Waals surface area contributed by atoms with E-state index in [-0.39, 0.29) is 0 Å². The van der Waals surface area contributed by atoms with Crippen LogP contribution in [0.5, 0.6) is 0 Å². The second kappa shape index (κ2) is 5.54. The molecule has 1 aliphatic rings. The van der Waals surface area contributed by atoms with Crippen molar-refractivity contribution in [1.29, 1.82) is 0 Å². The molecule has 3 rings (SSSR count). The Balaban J connectivity index is 1.91. The van der Waals surface area contributed by atoms with Gasteiger partial charge in [0.2, 0.25) is 0 Å². The molecule has 2 atom stereocenters. The van der Waals surface area contributed by atoms with Crippen LogP contribution in [0.4, 0.5) is 5.69 Å². The van der Waals surface area contributed by atoms with E-state index in [2.05, 4.69) is 53.4 Å². The number of thiazole rings is 1. The summed E-state index contributed by atoms with van der Waals surface area (Å²) in [5, 5.41) is 3.32. The lowest BCUT2D eigenvalue weighted by Gasteiger charge is -2.26. The van der Waals surface area contributed by atoms with Gasteiger partial charge in [0.25, 0.3) is 0 Å². The van der Waals surface area contributed by atoms with Gasteiger partial charge in [0.1, 0.15) is 0 Å². The quantitative estimate of drug-likeness (QED) is 0.936. The van der Waals surface area contributed by atoms with E-state index in [4.69, 9.17) is 5.73 Å². The fraction of sp³-hybridized carbons (Fsp3) is 0.438. The summed E-state index contributed by atoms with van der Waals surface area (Å²) in [6.45, 7) is 6.11. The van der Waals surface area contributed by atoms with Crippen molar-refractivity contribution < 1.29 is 0 Å². The molecule has 3 nitrogen and oxygen atoms in total. The number of fused-ring (bicyclic) bond motifs is 1. The van der Waals surface area contributed by atoms with Crippen LogP contribution in [-0.4, -0.2) is 18.1 Å². The van der Waals surface area contributed by atoms with Crippen molar-refractivity contribution in [3.8, 4) is 0 Å². The van der Waals surface area contributed by atoms with Crippen LogP contribution in [0.2, 0.25) is 0 Å². The van der Waals surface area contributed by atoms with Crippen LogP contribution in [0, 0.1) is 6.92 Å². The maximum Gasteiger partial charge on any atom is 0.0898 e. The van der Waals surface area contributed by atoms with Gasteiger partial charge in [0.05, 0.1) is 16.7 Å². The van der Waals surface area contributed by atoms with Crippen molar-refractivity contribution >= 4 is 17.0 Å². The Bertz CT molecular complexity index is 593. The Labute approximate surface area is 124 Å². The highest BCUT2D eigenvalue weighted by Crippen LogP contribution is 2.42. The van der Waals surface area contributed by atoms with Crippen molar-refractivity contribution in [2.24, 2.45) is 5.73 Å². The summed E-state index contributed by atoms with van der Waals surface area (Å²) in [5.74, 6) is 0.554. The molecule has 1 aromatic carbocycles. The molecule has 0 aliphatic carbocycles. The van der Waals surface area contributed by atoms with E-state index in [9.17, 15) is 0 Å². The molecule has 20 heavy (non-hydrogen) atoms. The van der Waals surface area contributed by atoms with Crippen molar-refractivity contribution in [3.05, 3.63) is 45.9 Å². The summed E-state index contributed by atoms with van der Waals surface area (Å²) in [4.78, 5) is 7.13. The monoisotopic (exact) mass is 287 g/mol. The molecule has 2 N–H and O–H groups in total. The Kier molecular flexibility index (Phi) is 3.76. The highest BCUT2D eigenvalue weighted by Gasteiger charge is 2.31. The first kappa shape index (κ1) is 13.6. The fourth-order valence-electron chi connectivity index (χ4n) is 3.07. The number of hydrogen-bond acceptors (Lipinski definition) is 4. The minimum atomic E-state index is 0.323. The predicted octanol–water partition coefficient (Wildman–Crippen LogP) is 3.47. The van der Waals surface area contributed by atoms with E-state index in [0.717, 1.165) is 24.5 Å². The molecule has 1 aromatic heterocycles. The average Bonchev–Trinajstić information content (AvgIpc) is 3.04. The molecule has 0 bridgehead atoms. The van der Waals surface area contributed by atoms with Gasteiger partial charge in [-0.2, -0.15) is 0 Å². The summed E-state index contributed by atoms with van der Waals surface area (Å²) in [6.07, 6.45) is 1.05. The molecule has 0 amide bonds. The van der Waals surface area contributed by atoms with E-state index in [1.54, 1.807) is 11.3 Å². The maximum absolute atomic E-state index is 5.77. The number of rotatable bonds is 4. The molecule has 1 aliphatic heterocycles. The van der Waals surface area contributed by atoms with Crippen LogP contribution < -0.4 is 10.6 Å². The zero-order chi connectivity index (χ0) is 14.1. The van der Waals surface area contributed by atoms with Crippen LogP contribution in [-0.2, 0) is 0 Å². The van der Waals surface area contributed by atoms with Gasteiger partial charge in [-0.3, -0.25) is 0 Å². The second-order valence-electron chi connectivity index (χ2n) is 5.45. The third-order valence-electron chi connectivity index (χ3n) is 4.15. The normalized spacial score (nSPS) is 19.1. The number of anilines is 1. The first-order chi connectivity index (χ1) is 9.70. The van der Waals surface area contributed by atoms with Crippen molar-refractivity contribution in [2.45, 2.75) is 32.2 Å². The van der Waals surface area contributed by atoms with Crippen LogP contribution >= 0.6 is 11.3 Å². The lowest BCUT2D eigenvalue weighted by Crippen LogP contribution is -2.26. The number of para-hydroxylation sites is 1. The van der Waals surface area contributed by atoms with Gasteiger partial charge in [0.15, 0.2) is 0 Å². The van der Waals surface area contributed by atoms with Crippen molar-refractivity contribution in [3.63, 3.8) is 0 Å². The van der Waals surface area contributed by atoms with E-state index in [0.29, 0.717) is 12.0 Å². The smallest absolute Gasteiger partial charge is 0.0898 e. The molecule has 2 heterocycles. The minimum absolute atomic E-state index is 0.323. The minimum Gasteiger partial charge on any atom is -0.362 e. The van der Waals surface area contributed by atoms with Crippen LogP contribution in [0.1, 0.15) is 41.6 Å². The lowest BCUT2D eigenvalue weighted by molar-refractivity contribution is 0.600. The molecule has 0 saturated carbocycles. The zero-order valence-corrected chi connectivity index (χ0v) is 12.9. The number of benzene rings is 1. The number of nitrogens with zero attached hydrogens (tertiary/aromatic N) is 2. The van der Waals surface area contributed by atoms with E-state index in [1.807, 2.05) is 0 Å². The SMILES string of the molecule is Cc1nc(C(C)N2CC(CCN)c3ccccc32)cs1. The molecule has 4 heteroatoms. The molecule has 2 unspecified atom stereocenters. The molecule has 0 spiro atoms. The Morgan fingerprint density at radius 2 is 2.25 bits per heavy atom. The Morgan fingerprint density at radius 3 is 2.95 bits per heavy atom. The van der Waals surface area contributed by atoms with E-state index in [1.165, 1.54) is 16.9 Å².